The molecule has 0 spiro atoms. The maximum Gasteiger partial charge on any atom is 0.251 e. The quantitative estimate of drug-likeness (QED) is 0.911. The number of hydrogen-bond donors (Lipinski definition) is 1. The molecular formula is C16H15F2NO3S. The summed E-state index contributed by atoms with van der Waals surface area (Å²) in [5.41, 5.74) is 0.699. The van der Waals surface area contributed by atoms with Crippen LogP contribution in [-0.4, -0.2) is 20.1 Å². The molecule has 4 nitrogen and oxygen atoms in total. The smallest absolute Gasteiger partial charge is 0.251 e. The number of amides is 1. The monoisotopic (exact) mass is 339 g/mol. The third kappa shape index (κ3) is 4.13. The van der Waals surface area contributed by atoms with E-state index in [1.165, 1.54) is 18.2 Å². The Labute approximate surface area is 133 Å². The maximum absolute atomic E-state index is 13.1. The van der Waals surface area contributed by atoms with Crippen LogP contribution in [0.2, 0.25) is 0 Å². The van der Waals surface area contributed by atoms with E-state index in [1.807, 2.05) is 0 Å². The first-order chi connectivity index (χ1) is 10.8. The topological polar surface area (TPSA) is 63.2 Å². The highest BCUT2D eigenvalue weighted by Gasteiger charge is 2.12. The van der Waals surface area contributed by atoms with Crippen molar-refractivity contribution in [3.8, 4) is 0 Å². The van der Waals surface area contributed by atoms with Crippen molar-refractivity contribution < 1.29 is 22.0 Å². The van der Waals surface area contributed by atoms with E-state index >= 15 is 0 Å². The van der Waals surface area contributed by atoms with Crippen molar-refractivity contribution in [1.82, 2.24) is 5.32 Å². The maximum atomic E-state index is 13.1. The van der Waals surface area contributed by atoms with E-state index in [0.29, 0.717) is 5.56 Å². The van der Waals surface area contributed by atoms with Crippen LogP contribution in [0.25, 0.3) is 0 Å². The molecule has 0 saturated carbocycles. The Balaban J connectivity index is 2.03. The van der Waals surface area contributed by atoms with Crippen LogP contribution in [0, 0.1) is 11.6 Å². The van der Waals surface area contributed by atoms with Crippen molar-refractivity contribution >= 4 is 15.7 Å². The Bertz CT molecular complexity index is 818. The summed E-state index contributed by atoms with van der Waals surface area (Å²) >= 11 is 0. The van der Waals surface area contributed by atoms with Crippen LogP contribution in [-0.2, 0) is 16.4 Å². The van der Waals surface area contributed by atoms with Crippen molar-refractivity contribution in [1.29, 1.82) is 0 Å². The fourth-order valence-electron chi connectivity index (χ4n) is 1.90. The fourth-order valence-corrected chi connectivity index (χ4v) is 2.79. The number of halogens is 2. The molecule has 2 rings (SSSR count). The molecule has 0 unspecified atom stereocenters. The lowest BCUT2D eigenvalue weighted by atomic mass is 10.2. The first kappa shape index (κ1) is 17.1. The van der Waals surface area contributed by atoms with Crippen LogP contribution in [0.3, 0.4) is 0 Å². The molecule has 0 bridgehead atoms. The summed E-state index contributed by atoms with van der Waals surface area (Å²) in [6.07, 6.45) is 0. The highest BCUT2D eigenvalue weighted by Crippen LogP contribution is 2.13. The van der Waals surface area contributed by atoms with E-state index in [9.17, 15) is 22.0 Å². The number of rotatable bonds is 5. The molecule has 7 heteroatoms. The van der Waals surface area contributed by atoms with Crippen LogP contribution >= 0.6 is 0 Å². The van der Waals surface area contributed by atoms with Gasteiger partial charge in [-0.25, -0.2) is 17.2 Å². The SMILES string of the molecule is CCS(=O)(=O)c1ccc(CNC(=O)c2ccc(F)c(F)c2)cc1. The van der Waals surface area contributed by atoms with E-state index in [1.54, 1.807) is 19.1 Å². The number of carbonyl (C=O) groups excluding carboxylic acids is 1. The third-order valence-electron chi connectivity index (χ3n) is 3.30. The van der Waals surface area contributed by atoms with Gasteiger partial charge in [-0.05, 0) is 35.9 Å². The van der Waals surface area contributed by atoms with Crippen LogP contribution in [0.4, 0.5) is 8.78 Å². The Morgan fingerprint density at radius 3 is 2.26 bits per heavy atom. The van der Waals surface area contributed by atoms with E-state index in [4.69, 9.17) is 0 Å². The Morgan fingerprint density at radius 2 is 1.70 bits per heavy atom. The molecule has 1 amide bonds. The van der Waals surface area contributed by atoms with Gasteiger partial charge in [-0.1, -0.05) is 19.1 Å². The lowest BCUT2D eigenvalue weighted by molar-refractivity contribution is 0.0950. The Morgan fingerprint density at radius 1 is 1.04 bits per heavy atom. The number of carbonyl (C=O) groups is 1. The van der Waals surface area contributed by atoms with Gasteiger partial charge in [0.25, 0.3) is 5.91 Å². The van der Waals surface area contributed by atoms with Crippen molar-refractivity contribution in [2.45, 2.75) is 18.4 Å². The average molecular weight is 339 g/mol. The molecule has 0 aliphatic carbocycles. The lowest BCUT2D eigenvalue weighted by Crippen LogP contribution is -2.23. The molecule has 0 radical (unpaired) electrons. The number of sulfone groups is 1. The van der Waals surface area contributed by atoms with Gasteiger partial charge < -0.3 is 5.32 Å². The molecule has 0 saturated heterocycles. The predicted molar refractivity (Wildman–Crippen MR) is 81.7 cm³/mol. The van der Waals surface area contributed by atoms with Crippen LogP contribution < -0.4 is 5.32 Å². The van der Waals surface area contributed by atoms with E-state index in [0.717, 1.165) is 12.1 Å². The molecule has 0 aliphatic rings. The van der Waals surface area contributed by atoms with Gasteiger partial charge in [0, 0.05) is 12.1 Å². The minimum absolute atomic E-state index is 0.00841. The lowest BCUT2D eigenvalue weighted by Gasteiger charge is -2.07. The van der Waals surface area contributed by atoms with Gasteiger partial charge in [0.2, 0.25) is 0 Å². The highest BCUT2D eigenvalue weighted by atomic mass is 32.2. The first-order valence-electron chi connectivity index (χ1n) is 6.88. The van der Waals surface area contributed by atoms with Crippen LogP contribution in [0.15, 0.2) is 47.4 Å². The zero-order valence-corrected chi connectivity index (χ0v) is 13.2. The summed E-state index contributed by atoms with van der Waals surface area (Å²) in [4.78, 5) is 12.1. The molecule has 0 atom stereocenters. The van der Waals surface area contributed by atoms with E-state index < -0.39 is 27.4 Å². The summed E-state index contributed by atoms with van der Waals surface area (Å²) in [7, 11) is -3.26. The second-order valence-electron chi connectivity index (χ2n) is 4.86. The van der Waals surface area contributed by atoms with Gasteiger partial charge in [0.05, 0.1) is 10.6 Å². The number of hydrogen-bond acceptors (Lipinski definition) is 3. The highest BCUT2D eigenvalue weighted by molar-refractivity contribution is 7.91. The number of nitrogens with one attached hydrogen (secondary N) is 1. The summed E-state index contributed by atoms with van der Waals surface area (Å²) < 4.78 is 49.3. The predicted octanol–water partition coefficient (Wildman–Crippen LogP) is 2.69. The van der Waals surface area contributed by atoms with E-state index in [2.05, 4.69) is 5.32 Å². The van der Waals surface area contributed by atoms with Crippen molar-refractivity contribution in [3.63, 3.8) is 0 Å². The van der Waals surface area contributed by atoms with Crippen molar-refractivity contribution in [3.05, 3.63) is 65.2 Å². The number of benzene rings is 2. The molecule has 0 fully saturated rings. The van der Waals surface area contributed by atoms with Gasteiger partial charge >= 0.3 is 0 Å². The molecule has 0 aliphatic heterocycles. The molecule has 2 aromatic rings. The molecule has 23 heavy (non-hydrogen) atoms. The zero-order valence-electron chi connectivity index (χ0n) is 12.3. The molecule has 2 aromatic carbocycles. The first-order valence-corrected chi connectivity index (χ1v) is 8.53. The Hall–Kier alpha value is -2.28. The fraction of sp³-hybridized carbons (Fsp3) is 0.188. The molecule has 122 valence electrons. The average Bonchev–Trinajstić information content (AvgIpc) is 2.55. The molecular weight excluding hydrogens is 324 g/mol. The molecule has 1 N–H and O–H groups in total. The zero-order chi connectivity index (χ0) is 17.0. The standard InChI is InChI=1S/C16H15F2NO3S/c1-2-23(21,22)13-6-3-11(4-7-13)10-19-16(20)12-5-8-14(17)15(18)9-12/h3-9H,2,10H2,1H3,(H,19,20). The minimum atomic E-state index is -3.26. The largest absolute Gasteiger partial charge is 0.348 e. The van der Waals surface area contributed by atoms with Gasteiger partial charge in [0.15, 0.2) is 21.5 Å². The second-order valence-corrected chi connectivity index (χ2v) is 7.14. The Kier molecular flexibility index (Phi) is 5.10. The third-order valence-corrected chi connectivity index (χ3v) is 5.05. The van der Waals surface area contributed by atoms with Crippen molar-refractivity contribution in [2.24, 2.45) is 0 Å². The second kappa shape index (κ2) is 6.87. The molecule has 0 heterocycles. The minimum Gasteiger partial charge on any atom is -0.348 e. The van der Waals surface area contributed by atoms with Gasteiger partial charge in [-0.15, -0.1) is 0 Å². The van der Waals surface area contributed by atoms with Crippen molar-refractivity contribution in [2.75, 3.05) is 5.75 Å². The van der Waals surface area contributed by atoms with E-state index in [-0.39, 0.29) is 22.8 Å². The summed E-state index contributed by atoms with van der Waals surface area (Å²) in [6, 6.07) is 9.01. The summed E-state index contributed by atoms with van der Waals surface area (Å²) in [5, 5.41) is 2.56. The van der Waals surface area contributed by atoms with Crippen LogP contribution in [0.5, 0.6) is 0 Å². The van der Waals surface area contributed by atoms with Crippen LogP contribution in [0.1, 0.15) is 22.8 Å². The van der Waals surface area contributed by atoms with Gasteiger partial charge in [-0.3, -0.25) is 4.79 Å². The molecule has 0 aromatic heterocycles. The normalized spacial score (nSPS) is 11.3. The van der Waals surface area contributed by atoms with Gasteiger partial charge in [-0.2, -0.15) is 0 Å². The summed E-state index contributed by atoms with van der Waals surface area (Å²) in [6.45, 7) is 1.70. The summed E-state index contributed by atoms with van der Waals surface area (Å²) in [5.74, 6) is -2.64. The van der Waals surface area contributed by atoms with Gasteiger partial charge in [0.1, 0.15) is 0 Å².